The van der Waals surface area contributed by atoms with Crippen LogP contribution in [0.15, 0.2) is 158 Å². The van der Waals surface area contributed by atoms with Crippen LogP contribution in [0.5, 0.6) is 0 Å². The lowest BCUT2D eigenvalue weighted by molar-refractivity contribution is -0.301. The molecule has 6 unspecified atom stereocenters. The van der Waals surface area contributed by atoms with E-state index in [-0.39, 0.29) is 25.9 Å². The topological polar surface area (TPSA) is 175 Å². The number of hydrogen-bond acceptors (Lipinski definition) is 11. The van der Waals surface area contributed by atoms with Gasteiger partial charge in [-0.15, -0.1) is 0 Å². The Labute approximate surface area is 475 Å². The molecule has 6 atom stereocenters. The number of ether oxygens (including phenoxy) is 5. The first-order chi connectivity index (χ1) is 38.6. The third-order valence-electron chi connectivity index (χ3n) is 12.1. The molecule has 0 bridgehead atoms. The second-order valence-electron chi connectivity index (χ2n) is 19.1. The number of carbonyl (C=O) groups is 4. The van der Waals surface area contributed by atoms with Crippen molar-refractivity contribution in [3.63, 3.8) is 0 Å². The summed E-state index contributed by atoms with van der Waals surface area (Å²) < 4.78 is 28.3. The number of aliphatic hydroxyl groups excluding tert-OH is 2. The number of aliphatic hydroxyl groups is 2. The van der Waals surface area contributed by atoms with E-state index >= 15 is 0 Å². The molecule has 0 aromatic rings. The van der Waals surface area contributed by atoms with E-state index in [4.69, 9.17) is 23.7 Å². The lowest BCUT2D eigenvalue weighted by atomic mass is 9.98. The van der Waals surface area contributed by atoms with Crippen molar-refractivity contribution in [3.8, 4) is 0 Å². The fourth-order valence-electron chi connectivity index (χ4n) is 7.68. The fraction of sp³-hybridized carbons (Fsp3) is 0.552. The summed E-state index contributed by atoms with van der Waals surface area (Å²) in [5.74, 6) is -3.32. The van der Waals surface area contributed by atoms with Gasteiger partial charge in [0, 0.05) is 19.3 Å². The molecule has 0 aliphatic carbocycles. The summed E-state index contributed by atoms with van der Waals surface area (Å²) >= 11 is 0. The summed E-state index contributed by atoms with van der Waals surface area (Å²) in [5, 5.41) is 31.5. The Morgan fingerprint density at radius 3 is 1.16 bits per heavy atom. The van der Waals surface area contributed by atoms with Gasteiger partial charge in [-0.2, -0.15) is 0 Å². The van der Waals surface area contributed by atoms with Crippen LogP contribution in [-0.2, 0) is 42.9 Å². The molecule has 0 amide bonds. The third-order valence-corrected chi connectivity index (χ3v) is 12.1. The Morgan fingerprint density at radius 2 is 0.772 bits per heavy atom. The van der Waals surface area contributed by atoms with E-state index in [1.807, 2.05) is 12.2 Å². The monoisotopic (exact) mass is 1100 g/mol. The molecule has 3 N–H and O–H groups in total. The molecule has 0 aromatic carbocycles. The first-order valence-corrected chi connectivity index (χ1v) is 29.5. The summed E-state index contributed by atoms with van der Waals surface area (Å²) in [6.07, 6.45) is 65.1. The van der Waals surface area contributed by atoms with Crippen molar-refractivity contribution in [3.05, 3.63) is 158 Å². The minimum absolute atomic E-state index is 0.00528. The van der Waals surface area contributed by atoms with E-state index in [9.17, 15) is 34.5 Å². The van der Waals surface area contributed by atoms with Gasteiger partial charge in [-0.1, -0.05) is 192 Å². The Morgan fingerprint density at radius 1 is 0.418 bits per heavy atom. The molecule has 0 spiro atoms. The van der Waals surface area contributed by atoms with Crippen molar-refractivity contribution in [2.75, 3.05) is 13.2 Å². The second-order valence-corrected chi connectivity index (χ2v) is 19.1. The highest BCUT2D eigenvalue weighted by molar-refractivity contribution is 5.74. The van der Waals surface area contributed by atoms with Gasteiger partial charge in [-0.3, -0.25) is 14.4 Å². The van der Waals surface area contributed by atoms with Crippen molar-refractivity contribution in [2.45, 2.75) is 225 Å². The number of allylic oxidation sites excluding steroid dienone is 26. The zero-order chi connectivity index (χ0) is 57.5. The molecule has 79 heavy (non-hydrogen) atoms. The number of unbranched alkanes of at least 4 members (excludes halogenated alkanes) is 7. The molecular formula is C67H100O12. The molecule has 1 fully saturated rings. The maximum atomic E-state index is 13.1. The predicted octanol–water partition coefficient (Wildman–Crippen LogP) is 15.3. The van der Waals surface area contributed by atoms with Crippen LogP contribution in [0.1, 0.15) is 188 Å². The summed E-state index contributed by atoms with van der Waals surface area (Å²) in [5.41, 5.74) is 0. The van der Waals surface area contributed by atoms with Crippen molar-refractivity contribution < 1.29 is 58.2 Å². The molecule has 12 heteroatoms. The lowest BCUT2D eigenvalue weighted by Crippen LogP contribution is -2.61. The van der Waals surface area contributed by atoms with Gasteiger partial charge in [0.2, 0.25) is 0 Å². The van der Waals surface area contributed by atoms with Gasteiger partial charge in [0.15, 0.2) is 24.6 Å². The van der Waals surface area contributed by atoms with Crippen LogP contribution in [0, 0.1) is 0 Å². The zero-order valence-corrected chi connectivity index (χ0v) is 48.3. The highest BCUT2D eigenvalue weighted by Gasteiger charge is 2.50. The fourth-order valence-corrected chi connectivity index (χ4v) is 7.68. The largest absolute Gasteiger partial charge is 0.479 e. The number of rotatable bonds is 47. The van der Waals surface area contributed by atoms with Gasteiger partial charge in [0.05, 0.1) is 6.61 Å². The van der Waals surface area contributed by atoms with Gasteiger partial charge in [-0.25, -0.2) is 4.79 Å². The number of hydrogen-bond donors (Lipinski definition) is 3. The lowest BCUT2D eigenvalue weighted by Gasteiger charge is -2.40. The first kappa shape index (κ1) is 71.4. The van der Waals surface area contributed by atoms with Gasteiger partial charge in [0.25, 0.3) is 0 Å². The van der Waals surface area contributed by atoms with E-state index in [0.717, 1.165) is 122 Å². The van der Waals surface area contributed by atoms with Crippen LogP contribution in [0.2, 0.25) is 0 Å². The Hall–Kier alpha value is -5.66. The molecule has 1 rings (SSSR count). The maximum Gasteiger partial charge on any atom is 0.335 e. The van der Waals surface area contributed by atoms with Gasteiger partial charge < -0.3 is 39.0 Å². The number of carbonyl (C=O) groups excluding carboxylic acids is 3. The molecule has 0 radical (unpaired) electrons. The van der Waals surface area contributed by atoms with Crippen LogP contribution < -0.4 is 0 Å². The van der Waals surface area contributed by atoms with Crippen LogP contribution in [-0.4, -0.2) is 89.2 Å². The number of esters is 3. The number of carboxylic acid groups (broad SMARTS) is 1. The number of aliphatic carboxylic acids is 1. The smallest absolute Gasteiger partial charge is 0.335 e. The van der Waals surface area contributed by atoms with Crippen molar-refractivity contribution >= 4 is 23.9 Å². The SMILES string of the molecule is CC/C=C\C/C=C\C/C=C\C/C=C\C/C=C\CCCCCC(=O)OCC(COC1OC(C(=O)O)C(O)C(O)C1OC(=O)CCCCC/C=C\C/C=C\C/C=C\CC)OC(=O)CCC/C=C\C/C=C\C/C=C\C/C=C\C/C=C\CC. The van der Waals surface area contributed by atoms with Crippen molar-refractivity contribution in [1.29, 1.82) is 0 Å². The third kappa shape index (κ3) is 42.9. The van der Waals surface area contributed by atoms with E-state index in [1.54, 1.807) is 0 Å². The van der Waals surface area contributed by atoms with E-state index in [2.05, 4.69) is 167 Å². The summed E-state index contributed by atoms with van der Waals surface area (Å²) in [6.45, 7) is 5.53. The Kier molecular flexibility index (Phi) is 47.9. The maximum absolute atomic E-state index is 13.1. The van der Waals surface area contributed by atoms with E-state index < -0.39 is 67.3 Å². The average Bonchev–Trinajstić information content (AvgIpc) is 3.44. The van der Waals surface area contributed by atoms with Crippen LogP contribution >= 0.6 is 0 Å². The summed E-state index contributed by atoms with van der Waals surface area (Å²) in [4.78, 5) is 51.1. The van der Waals surface area contributed by atoms with Gasteiger partial charge in [-0.05, 0) is 135 Å². The van der Waals surface area contributed by atoms with E-state index in [1.165, 1.54) is 0 Å². The molecule has 1 aliphatic heterocycles. The molecule has 12 nitrogen and oxygen atoms in total. The quantitative estimate of drug-likeness (QED) is 0.0228. The van der Waals surface area contributed by atoms with Gasteiger partial charge in [0.1, 0.15) is 18.8 Å². The zero-order valence-electron chi connectivity index (χ0n) is 48.3. The molecule has 1 aliphatic rings. The normalized spacial score (nSPS) is 19.0. The minimum atomic E-state index is -1.94. The van der Waals surface area contributed by atoms with Gasteiger partial charge >= 0.3 is 23.9 Å². The second kappa shape index (κ2) is 53.0. The first-order valence-electron chi connectivity index (χ1n) is 29.5. The molecule has 0 saturated carbocycles. The van der Waals surface area contributed by atoms with Crippen LogP contribution in [0.4, 0.5) is 0 Å². The summed E-state index contributed by atoms with van der Waals surface area (Å²) in [7, 11) is 0. The number of carboxylic acids is 1. The summed E-state index contributed by atoms with van der Waals surface area (Å²) in [6, 6.07) is 0. The molecule has 0 aromatic heterocycles. The van der Waals surface area contributed by atoms with E-state index in [0.29, 0.717) is 25.7 Å². The average molecular weight is 1100 g/mol. The van der Waals surface area contributed by atoms with Crippen molar-refractivity contribution in [2.24, 2.45) is 0 Å². The van der Waals surface area contributed by atoms with Crippen LogP contribution in [0.3, 0.4) is 0 Å². The highest BCUT2D eigenvalue weighted by atomic mass is 16.7. The highest BCUT2D eigenvalue weighted by Crippen LogP contribution is 2.26. The Balaban J connectivity index is 2.78. The standard InChI is InChI=1S/C67H100O12/c1-4-7-10-13-16-19-22-25-27-29-30-32-33-36-38-41-44-47-50-53-59(68)75-56-58(77-60(69)54-51-48-45-42-40-37-34-31-28-26-23-20-17-14-11-8-5-2)57-76-67-65(63(72)62(71)64(79-67)66(73)74)78-61(70)55-52-49-46-43-39-35-24-21-18-15-12-9-6-3/h7-12,16-21,25-28,30,32,34-39,42,45,58,62-65,67,71-72H,4-6,13-15,22-24,29,31,33,40-41,43-44,46-57H2,1-3H3,(H,73,74)/b10-7-,11-8-,12-9-,19-16-,20-17-,21-18-,27-25-,28-26-,32-30-,37-34-,38-36-,39-35-,45-42-. The van der Waals surface area contributed by atoms with Crippen LogP contribution in [0.25, 0.3) is 0 Å². The molecule has 1 heterocycles. The minimum Gasteiger partial charge on any atom is -0.479 e. The molecular weight excluding hydrogens is 997 g/mol. The predicted molar refractivity (Wildman–Crippen MR) is 321 cm³/mol. The van der Waals surface area contributed by atoms with Crippen molar-refractivity contribution in [1.82, 2.24) is 0 Å². The molecule has 440 valence electrons. The molecule has 1 saturated heterocycles. The Bertz CT molecular complexity index is 1980.